The first kappa shape index (κ1) is 29.6. The van der Waals surface area contributed by atoms with Crippen LogP contribution in [0.25, 0.3) is 99.3 Å². The summed E-state index contributed by atoms with van der Waals surface area (Å²) in [5.74, 6) is 0.534. The quantitative estimate of drug-likeness (QED) is 0.172. The fourth-order valence-electron chi connectivity index (χ4n) is 7.46. The number of hydrogen-bond acceptors (Lipinski definition) is 3. The molecule has 10 rings (SSSR count). The van der Waals surface area contributed by atoms with E-state index in [1.165, 1.54) is 21.8 Å². The molecule has 0 aliphatic carbocycles. The van der Waals surface area contributed by atoms with Crippen molar-refractivity contribution in [2.24, 2.45) is 0 Å². The van der Waals surface area contributed by atoms with Crippen LogP contribution in [0.3, 0.4) is 0 Å². The van der Waals surface area contributed by atoms with Crippen molar-refractivity contribution in [3.63, 3.8) is 0 Å². The fourth-order valence-corrected chi connectivity index (χ4v) is 7.46. The maximum atomic E-state index is 8.11. The highest BCUT2D eigenvalue weighted by molar-refractivity contribution is 6.11. The number of nitrogens with zero attached hydrogens (tertiary/aromatic N) is 4. The minimum absolute atomic E-state index is 0.429. The highest BCUT2D eigenvalue weighted by atomic mass is 16.3. The van der Waals surface area contributed by atoms with Crippen LogP contribution in [0.15, 0.2) is 174 Å². The van der Waals surface area contributed by atoms with Crippen LogP contribution in [0.2, 0.25) is 0 Å². The maximum Gasteiger partial charge on any atom is 0.238 e. The lowest BCUT2D eigenvalue weighted by Gasteiger charge is -2.12. The van der Waals surface area contributed by atoms with E-state index in [1.807, 2.05) is 72.8 Å². The van der Waals surface area contributed by atoms with Gasteiger partial charge in [0.15, 0.2) is 5.82 Å². The molecular weight excluding hydrogens is 637 g/mol. The van der Waals surface area contributed by atoms with Crippen molar-refractivity contribution in [1.82, 2.24) is 14.5 Å². The van der Waals surface area contributed by atoms with Gasteiger partial charge < -0.3 is 8.98 Å². The summed E-state index contributed by atoms with van der Waals surface area (Å²) in [6.45, 7) is 8.11. The lowest BCUT2D eigenvalue weighted by atomic mass is 10.0. The second kappa shape index (κ2) is 11.9. The number of para-hydroxylation sites is 3. The summed E-state index contributed by atoms with van der Waals surface area (Å²) >= 11 is 0. The zero-order valence-electron chi connectivity index (χ0n) is 27.9. The molecule has 0 bridgehead atoms. The molecule has 0 atom stereocenters. The van der Waals surface area contributed by atoms with Crippen LogP contribution in [0.5, 0.6) is 0 Å². The Hall–Kier alpha value is -7.29. The largest absolute Gasteiger partial charge is 0.455 e. The number of benzene rings is 7. The minimum atomic E-state index is 0.429. The van der Waals surface area contributed by atoms with Crippen LogP contribution in [-0.2, 0) is 0 Å². The Bertz CT molecular complexity index is 2910. The minimum Gasteiger partial charge on any atom is -0.455 e. The normalized spacial score (nSPS) is 11.4. The zero-order valence-corrected chi connectivity index (χ0v) is 27.9. The highest BCUT2D eigenvalue weighted by Crippen LogP contribution is 2.41. The summed E-state index contributed by atoms with van der Waals surface area (Å²) in [4.78, 5) is 13.9. The van der Waals surface area contributed by atoms with Crippen LogP contribution >= 0.6 is 0 Å². The van der Waals surface area contributed by atoms with Gasteiger partial charge in [-0.15, -0.1) is 0 Å². The first-order valence-corrected chi connectivity index (χ1v) is 17.2. The smallest absolute Gasteiger partial charge is 0.238 e. The molecule has 0 amide bonds. The van der Waals surface area contributed by atoms with Gasteiger partial charge in [0.1, 0.15) is 11.2 Å². The third-order valence-corrected chi connectivity index (χ3v) is 9.84. The van der Waals surface area contributed by atoms with Crippen molar-refractivity contribution in [3.05, 3.63) is 181 Å². The van der Waals surface area contributed by atoms with Crippen LogP contribution in [-0.4, -0.2) is 14.5 Å². The molecule has 0 saturated carbocycles. The molecule has 0 radical (unpaired) electrons. The number of hydrogen-bond donors (Lipinski definition) is 0. The molecule has 3 aromatic heterocycles. The monoisotopic (exact) mass is 664 g/mol. The Balaban J connectivity index is 1.12. The highest BCUT2D eigenvalue weighted by Gasteiger charge is 2.20. The molecule has 0 N–H and O–H groups in total. The molecule has 7 aromatic carbocycles. The molecule has 5 nitrogen and oxygen atoms in total. The third kappa shape index (κ3) is 4.70. The predicted molar refractivity (Wildman–Crippen MR) is 212 cm³/mol. The summed E-state index contributed by atoms with van der Waals surface area (Å²) < 4.78 is 9.07. The van der Waals surface area contributed by atoms with Gasteiger partial charge >= 0.3 is 0 Å². The van der Waals surface area contributed by atoms with Gasteiger partial charge in [0.25, 0.3) is 0 Å². The zero-order chi connectivity index (χ0) is 34.6. The average Bonchev–Trinajstić information content (AvgIpc) is 3.76. The summed E-state index contributed by atoms with van der Waals surface area (Å²) in [5.41, 5.74) is 11.3. The second-order valence-electron chi connectivity index (χ2n) is 12.9. The van der Waals surface area contributed by atoms with Crippen molar-refractivity contribution in [2.75, 3.05) is 0 Å². The van der Waals surface area contributed by atoms with E-state index in [-0.39, 0.29) is 0 Å². The van der Waals surface area contributed by atoms with E-state index in [0.717, 1.165) is 55.4 Å². The second-order valence-corrected chi connectivity index (χ2v) is 12.9. The molecule has 52 heavy (non-hydrogen) atoms. The van der Waals surface area contributed by atoms with Crippen LogP contribution in [0, 0.1) is 6.57 Å². The van der Waals surface area contributed by atoms with E-state index in [0.29, 0.717) is 22.9 Å². The van der Waals surface area contributed by atoms with Gasteiger partial charge in [-0.25, -0.2) is 14.8 Å². The number of aromatic nitrogens is 3. The lowest BCUT2D eigenvalue weighted by Crippen LogP contribution is -1.97. The molecule has 3 heterocycles. The molecule has 242 valence electrons. The van der Waals surface area contributed by atoms with E-state index in [4.69, 9.17) is 21.0 Å². The van der Waals surface area contributed by atoms with Crippen molar-refractivity contribution in [1.29, 1.82) is 0 Å². The van der Waals surface area contributed by atoms with Crippen LogP contribution in [0.4, 0.5) is 5.69 Å². The van der Waals surface area contributed by atoms with Crippen molar-refractivity contribution in [3.8, 4) is 50.7 Å². The van der Waals surface area contributed by atoms with Gasteiger partial charge in [0.05, 0.1) is 29.0 Å². The summed E-state index contributed by atoms with van der Waals surface area (Å²) in [6.07, 6.45) is 0. The predicted octanol–water partition coefficient (Wildman–Crippen LogP) is 12.7. The Labute approximate surface area is 299 Å². The molecule has 0 aliphatic rings. The Morgan fingerprint density at radius 3 is 1.71 bits per heavy atom. The van der Waals surface area contributed by atoms with Gasteiger partial charge in [-0.3, -0.25) is 0 Å². The Morgan fingerprint density at radius 2 is 1.06 bits per heavy atom. The van der Waals surface area contributed by atoms with Gasteiger partial charge in [0.2, 0.25) is 5.69 Å². The van der Waals surface area contributed by atoms with E-state index in [2.05, 4.69) is 106 Å². The molecule has 10 aromatic rings. The summed E-state index contributed by atoms with van der Waals surface area (Å²) in [6, 6.07) is 58.0. The molecule has 5 heteroatoms. The topological polar surface area (TPSA) is 48.2 Å². The molecule has 0 fully saturated rings. The summed E-state index contributed by atoms with van der Waals surface area (Å²) in [5, 5.41) is 4.53. The molecular formula is C47H28N4O. The fraction of sp³-hybridized carbons (Fsp3) is 0. The Kier molecular flexibility index (Phi) is 6.80. The Morgan fingerprint density at radius 1 is 0.481 bits per heavy atom. The maximum absolute atomic E-state index is 8.11. The van der Waals surface area contributed by atoms with Crippen LogP contribution < -0.4 is 0 Å². The van der Waals surface area contributed by atoms with E-state index in [1.54, 1.807) is 0 Å². The van der Waals surface area contributed by atoms with Crippen molar-refractivity contribution in [2.45, 2.75) is 0 Å². The molecule has 0 aliphatic heterocycles. The lowest BCUT2D eigenvalue weighted by molar-refractivity contribution is 0.670. The van der Waals surface area contributed by atoms with E-state index >= 15 is 0 Å². The van der Waals surface area contributed by atoms with E-state index < -0.39 is 0 Å². The average molecular weight is 665 g/mol. The van der Waals surface area contributed by atoms with Gasteiger partial charge in [-0.05, 0) is 53.1 Å². The summed E-state index contributed by atoms with van der Waals surface area (Å²) in [7, 11) is 0. The standard InChI is InChI=1S/C47H28N4O/c1-48-45-43(30-14-4-2-5-15-30)49-47(50-44(45)31-16-6-3-7-17-31)33-26-27-38-39-23-13-22-35(46(39)52-42(38)29-33)32-18-12-19-34(28-32)51-40-24-10-8-20-36(40)37-21-9-11-25-41(37)51/h2-29H. The van der Waals surface area contributed by atoms with E-state index in [9.17, 15) is 0 Å². The van der Waals surface area contributed by atoms with Gasteiger partial charge in [-0.1, -0.05) is 133 Å². The van der Waals surface area contributed by atoms with Gasteiger partial charge in [-0.2, -0.15) is 0 Å². The first-order chi connectivity index (χ1) is 25.7. The van der Waals surface area contributed by atoms with Crippen LogP contribution in [0.1, 0.15) is 0 Å². The molecule has 0 saturated heterocycles. The van der Waals surface area contributed by atoms with Crippen molar-refractivity contribution >= 4 is 49.4 Å². The van der Waals surface area contributed by atoms with Gasteiger partial charge in [0, 0.05) is 38.4 Å². The van der Waals surface area contributed by atoms with Crippen molar-refractivity contribution < 1.29 is 4.42 Å². The first-order valence-electron chi connectivity index (χ1n) is 17.2. The SMILES string of the molecule is [C-]#[N+]c1c(-c2ccccc2)nc(-c2ccc3c(c2)oc2c(-c4cccc(-n5c6ccccc6c6ccccc65)c4)cccc23)nc1-c1ccccc1. The molecule has 0 spiro atoms. The number of fused-ring (bicyclic) bond motifs is 6. The molecule has 0 unspecified atom stereocenters. The number of rotatable bonds is 5. The number of furan rings is 1. The third-order valence-electron chi connectivity index (χ3n) is 9.84.